The van der Waals surface area contributed by atoms with Crippen LogP contribution in [-0.4, -0.2) is 0 Å². The van der Waals surface area contributed by atoms with E-state index < -0.39 is 5.82 Å². The molecule has 1 N–H and O–H groups in total. The van der Waals surface area contributed by atoms with Crippen LogP contribution in [0.4, 0.5) is 14.5 Å². The lowest BCUT2D eigenvalue weighted by molar-refractivity contribution is 0.624. The Balaban J connectivity index is 2.22. The lowest BCUT2D eigenvalue weighted by Crippen LogP contribution is -2.07. The van der Waals surface area contributed by atoms with Crippen molar-refractivity contribution in [3.05, 3.63) is 63.6 Å². The Bertz CT molecular complexity index is 585. The van der Waals surface area contributed by atoms with Crippen LogP contribution in [0.3, 0.4) is 0 Å². The summed E-state index contributed by atoms with van der Waals surface area (Å²) < 4.78 is 26.2. The molecule has 0 aliphatic heterocycles. The molecule has 0 bridgehead atoms. The second-order valence-electron chi connectivity index (χ2n) is 4.16. The molecule has 0 aromatic heterocycles. The molecule has 2 rings (SSSR count). The number of nitrogens with one attached hydrogen (secondary N) is 1. The van der Waals surface area contributed by atoms with E-state index in [2.05, 4.69) is 5.32 Å². The molecule has 0 heterocycles. The van der Waals surface area contributed by atoms with E-state index >= 15 is 0 Å². The van der Waals surface area contributed by atoms with E-state index in [1.165, 1.54) is 24.3 Å². The standard InChI is InChI=1S/C14H11Cl2F2N/c1-8(19-10-4-2-9(17)3-5-10)11-6-14(18)13(16)7-12(11)15/h2-8,19H,1H3. The normalized spacial score (nSPS) is 12.3. The lowest BCUT2D eigenvalue weighted by atomic mass is 10.1. The van der Waals surface area contributed by atoms with Crippen LogP contribution in [0.5, 0.6) is 0 Å². The Kier molecular flexibility index (Phi) is 4.27. The number of hydrogen-bond acceptors (Lipinski definition) is 1. The van der Waals surface area contributed by atoms with Gasteiger partial charge in [0.1, 0.15) is 11.6 Å². The van der Waals surface area contributed by atoms with Gasteiger partial charge < -0.3 is 5.32 Å². The molecule has 0 radical (unpaired) electrons. The zero-order chi connectivity index (χ0) is 14.0. The number of halogens is 4. The SMILES string of the molecule is CC(Nc1ccc(F)cc1)c1cc(F)c(Cl)cc1Cl. The number of benzene rings is 2. The van der Waals surface area contributed by atoms with Gasteiger partial charge in [-0.2, -0.15) is 0 Å². The van der Waals surface area contributed by atoms with Crippen LogP contribution in [0.15, 0.2) is 36.4 Å². The summed E-state index contributed by atoms with van der Waals surface area (Å²) >= 11 is 11.7. The van der Waals surface area contributed by atoms with Crippen LogP contribution >= 0.6 is 23.2 Å². The second-order valence-corrected chi connectivity index (χ2v) is 4.98. The summed E-state index contributed by atoms with van der Waals surface area (Å²) in [6.45, 7) is 1.83. The van der Waals surface area contributed by atoms with Crippen molar-refractivity contribution in [1.82, 2.24) is 0 Å². The zero-order valence-corrected chi connectivity index (χ0v) is 11.6. The molecular weight excluding hydrogens is 291 g/mol. The zero-order valence-electron chi connectivity index (χ0n) is 10.1. The summed E-state index contributed by atoms with van der Waals surface area (Å²) in [7, 11) is 0. The molecule has 1 unspecified atom stereocenters. The Labute approximate surface area is 120 Å². The van der Waals surface area contributed by atoms with Crippen molar-refractivity contribution in [1.29, 1.82) is 0 Å². The van der Waals surface area contributed by atoms with Crippen LogP contribution in [0.1, 0.15) is 18.5 Å². The number of hydrogen-bond donors (Lipinski definition) is 1. The maximum Gasteiger partial charge on any atom is 0.142 e. The smallest absolute Gasteiger partial charge is 0.142 e. The van der Waals surface area contributed by atoms with Crippen molar-refractivity contribution < 1.29 is 8.78 Å². The van der Waals surface area contributed by atoms with E-state index in [-0.39, 0.29) is 16.9 Å². The fourth-order valence-electron chi connectivity index (χ4n) is 1.74. The van der Waals surface area contributed by atoms with E-state index in [1.807, 2.05) is 6.92 Å². The van der Waals surface area contributed by atoms with Crippen LogP contribution < -0.4 is 5.32 Å². The van der Waals surface area contributed by atoms with Crippen molar-refractivity contribution >= 4 is 28.9 Å². The highest BCUT2D eigenvalue weighted by atomic mass is 35.5. The Morgan fingerprint density at radius 2 is 1.63 bits per heavy atom. The van der Waals surface area contributed by atoms with Crippen LogP contribution in [0.25, 0.3) is 0 Å². The molecule has 19 heavy (non-hydrogen) atoms. The largest absolute Gasteiger partial charge is 0.378 e. The Morgan fingerprint density at radius 3 is 2.26 bits per heavy atom. The highest BCUT2D eigenvalue weighted by Gasteiger charge is 2.13. The second kappa shape index (κ2) is 5.76. The van der Waals surface area contributed by atoms with Crippen LogP contribution in [-0.2, 0) is 0 Å². The molecule has 1 nitrogen and oxygen atoms in total. The fourth-order valence-corrected chi connectivity index (χ4v) is 2.29. The van der Waals surface area contributed by atoms with Gasteiger partial charge in [0.25, 0.3) is 0 Å². The molecule has 0 fully saturated rings. The lowest BCUT2D eigenvalue weighted by Gasteiger charge is -2.17. The van der Waals surface area contributed by atoms with E-state index in [4.69, 9.17) is 23.2 Å². The Hall–Kier alpha value is -1.32. The fraction of sp³-hybridized carbons (Fsp3) is 0.143. The van der Waals surface area contributed by atoms with Gasteiger partial charge >= 0.3 is 0 Å². The van der Waals surface area contributed by atoms with E-state index in [1.54, 1.807) is 12.1 Å². The predicted octanol–water partition coefficient (Wildman–Crippen LogP) is 5.44. The average molecular weight is 302 g/mol. The quantitative estimate of drug-likeness (QED) is 0.744. The van der Waals surface area contributed by atoms with Crippen molar-refractivity contribution in [2.24, 2.45) is 0 Å². The van der Waals surface area contributed by atoms with Gasteiger partial charge in [0.05, 0.1) is 11.1 Å². The van der Waals surface area contributed by atoms with Gasteiger partial charge in [0.15, 0.2) is 0 Å². The first-order valence-corrected chi connectivity index (χ1v) is 6.39. The maximum absolute atomic E-state index is 13.4. The molecule has 0 spiro atoms. The third-order valence-corrected chi connectivity index (χ3v) is 3.35. The molecule has 5 heteroatoms. The minimum atomic E-state index is -0.520. The predicted molar refractivity (Wildman–Crippen MR) is 74.9 cm³/mol. The van der Waals surface area contributed by atoms with E-state index in [9.17, 15) is 8.78 Å². The first-order chi connectivity index (χ1) is 8.97. The third kappa shape index (κ3) is 3.37. The summed E-state index contributed by atoms with van der Waals surface area (Å²) in [4.78, 5) is 0. The highest BCUT2D eigenvalue weighted by Crippen LogP contribution is 2.30. The molecular formula is C14H11Cl2F2N. The van der Waals surface area contributed by atoms with E-state index in [0.29, 0.717) is 10.6 Å². The van der Waals surface area contributed by atoms with Gasteiger partial charge in [-0.3, -0.25) is 0 Å². The van der Waals surface area contributed by atoms with E-state index in [0.717, 1.165) is 5.69 Å². The molecule has 0 saturated carbocycles. The summed E-state index contributed by atoms with van der Waals surface area (Å²) in [5, 5.41) is 3.48. The van der Waals surface area contributed by atoms with Gasteiger partial charge in [0.2, 0.25) is 0 Å². The van der Waals surface area contributed by atoms with Crippen LogP contribution in [0.2, 0.25) is 10.0 Å². The molecule has 2 aromatic carbocycles. The first kappa shape index (κ1) is 14.1. The molecule has 0 saturated heterocycles. The minimum Gasteiger partial charge on any atom is -0.378 e. The molecule has 0 aliphatic carbocycles. The summed E-state index contributed by atoms with van der Waals surface area (Å²) in [5.41, 5.74) is 1.31. The first-order valence-electron chi connectivity index (χ1n) is 5.64. The minimum absolute atomic E-state index is 0.0114. The van der Waals surface area contributed by atoms with Gasteiger partial charge in [-0.1, -0.05) is 23.2 Å². The average Bonchev–Trinajstić information content (AvgIpc) is 2.36. The van der Waals surface area contributed by atoms with Gasteiger partial charge in [-0.15, -0.1) is 0 Å². The van der Waals surface area contributed by atoms with Gasteiger partial charge in [-0.05, 0) is 48.9 Å². The number of anilines is 1. The molecule has 2 aromatic rings. The number of rotatable bonds is 3. The summed E-state index contributed by atoms with van der Waals surface area (Å²) in [6, 6.07) is 8.34. The summed E-state index contributed by atoms with van der Waals surface area (Å²) in [6.07, 6.45) is 0. The molecule has 100 valence electrons. The van der Waals surface area contributed by atoms with Gasteiger partial charge in [-0.25, -0.2) is 8.78 Å². The topological polar surface area (TPSA) is 12.0 Å². The van der Waals surface area contributed by atoms with Gasteiger partial charge in [0, 0.05) is 10.7 Å². The molecule has 0 aliphatic rings. The van der Waals surface area contributed by atoms with Crippen molar-refractivity contribution in [2.45, 2.75) is 13.0 Å². The van der Waals surface area contributed by atoms with Crippen molar-refractivity contribution in [3.8, 4) is 0 Å². The third-order valence-electron chi connectivity index (χ3n) is 2.73. The Morgan fingerprint density at radius 1 is 1.00 bits per heavy atom. The van der Waals surface area contributed by atoms with Crippen molar-refractivity contribution in [3.63, 3.8) is 0 Å². The summed E-state index contributed by atoms with van der Waals surface area (Å²) in [5.74, 6) is -0.831. The van der Waals surface area contributed by atoms with Crippen molar-refractivity contribution in [2.75, 3.05) is 5.32 Å². The monoisotopic (exact) mass is 301 g/mol. The highest BCUT2D eigenvalue weighted by molar-refractivity contribution is 6.35. The molecule has 0 amide bonds. The molecule has 1 atom stereocenters. The van der Waals surface area contributed by atoms with Crippen LogP contribution in [0, 0.1) is 11.6 Å². The maximum atomic E-state index is 13.4.